The maximum absolute atomic E-state index is 12.8. The van der Waals surface area contributed by atoms with Crippen LogP contribution in [0.3, 0.4) is 0 Å². The summed E-state index contributed by atoms with van der Waals surface area (Å²) in [5.74, 6) is -0.232. The molecule has 4 rings (SSSR count). The lowest BCUT2D eigenvalue weighted by molar-refractivity contribution is -0.0511. The zero-order chi connectivity index (χ0) is 21.8. The van der Waals surface area contributed by atoms with Gasteiger partial charge in [-0.3, -0.25) is 4.79 Å². The van der Waals surface area contributed by atoms with Crippen molar-refractivity contribution in [3.63, 3.8) is 0 Å². The predicted molar refractivity (Wildman–Crippen MR) is 112 cm³/mol. The third-order valence-electron chi connectivity index (χ3n) is 4.19. The number of hydrogen-bond donors (Lipinski definition) is 1. The lowest BCUT2D eigenvalue weighted by atomic mass is 10.2. The highest BCUT2D eigenvalue weighted by molar-refractivity contribution is 7.13. The molecule has 0 bridgehead atoms. The van der Waals surface area contributed by atoms with E-state index in [9.17, 15) is 13.6 Å². The van der Waals surface area contributed by atoms with Crippen molar-refractivity contribution < 1.29 is 23.0 Å². The number of alkyl halides is 2. The average Bonchev–Trinajstić information content (AvgIpc) is 3.44. The smallest absolute Gasteiger partial charge is 0.387 e. The topological polar surface area (TPSA) is 78.3 Å². The Hall–Kier alpha value is -3.79. The van der Waals surface area contributed by atoms with Crippen molar-refractivity contribution in [3.8, 4) is 27.9 Å². The molecular formula is C21H16F2N4O3S. The summed E-state index contributed by atoms with van der Waals surface area (Å²) >= 11 is 1.47. The molecular weight excluding hydrogens is 426 g/mol. The minimum atomic E-state index is -3.03. The molecule has 10 heteroatoms. The fourth-order valence-electron chi connectivity index (χ4n) is 2.85. The molecule has 31 heavy (non-hydrogen) atoms. The summed E-state index contributed by atoms with van der Waals surface area (Å²) < 4.78 is 36.3. The highest BCUT2D eigenvalue weighted by atomic mass is 32.1. The molecule has 0 saturated carbocycles. The van der Waals surface area contributed by atoms with Crippen molar-refractivity contribution in [1.29, 1.82) is 0 Å². The van der Waals surface area contributed by atoms with Crippen molar-refractivity contribution in [2.24, 2.45) is 0 Å². The molecule has 1 N–H and O–H groups in total. The van der Waals surface area contributed by atoms with Gasteiger partial charge in [0.2, 0.25) is 5.82 Å². The number of benzene rings is 2. The first-order chi connectivity index (χ1) is 15.0. The maximum atomic E-state index is 12.8. The van der Waals surface area contributed by atoms with Crippen LogP contribution in [0.2, 0.25) is 0 Å². The van der Waals surface area contributed by atoms with E-state index < -0.39 is 12.5 Å². The van der Waals surface area contributed by atoms with Gasteiger partial charge in [0.25, 0.3) is 5.91 Å². The number of amides is 1. The van der Waals surface area contributed by atoms with Gasteiger partial charge < -0.3 is 14.8 Å². The van der Waals surface area contributed by atoms with Gasteiger partial charge >= 0.3 is 6.61 Å². The Morgan fingerprint density at radius 1 is 1.10 bits per heavy atom. The summed E-state index contributed by atoms with van der Waals surface area (Å²) in [6.45, 7) is -3.03. The van der Waals surface area contributed by atoms with Crippen molar-refractivity contribution in [2.75, 3.05) is 12.4 Å². The Morgan fingerprint density at radius 3 is 2.58 bits per heavy atom. The minimum Gasteiger partial charge on any atom is -0.493 e. The van der Waals surface area contributed by atoms with Crippen molar-refractivity contribution in [3.05, 3.63) is 71.9 Å². The molecule has 0 unspecified atom stereocenters. The first-order valence-corrected chi connectivity index (χ1v) is 9.93. The molecule has 0 radical (unpaired) electrons. The molecule has 2 aromatic heterocycles. The lowest BCUT2D eigenvalue weighted by Crippen LogP contribution is -2.14. The molecule has 0 atom stereocenters. The monoisotopic (exact) mass is 442 g/mol. The van der Waals surface area contributed by atoms with E-state index in [1.807, 2.05) is 47.8 Å². The van der Waals surface area contributed by atoms with Crippen molar-refractivity contribution in [2.45, 2.75) is 6.61 Å². The number of aromatic nitrogens is 3. The van der Waals surface area contributed by atoms with Crippen LogP contribution in [0, 0.1) is 0 Å². The van der Waals surface area contributed by atoms with Crippen molar-refractivity contribution in [1.82, 2.24) is 14.8 Å². The summed E-state index contributed by atoms with van der Waals surface area (Å²) in [4.78, 5) is 18.0. The number of nitrogens with zero attached hydrogens (tertiary/aromatic N) is 3. The Bertz CT molecular complexity index is 1180. The standard InChI is InChI=1S/C21H16F2N4O3S/c1-29-15-10-9-13(12-16(15)30-21(22)23)24-20(28)18-25-19(17-8-5-11-31-17)27(26-18)14-6-3-2-4-7-14/h2-12,21H,1H3,(H,24,28). The Kier molecular flexibility index (Phi) is 5.89. The van der Waals surface area contributed by atoms with Crippen LogP contribution >= 0.6 is 11.3 Å². The summed E-state index contributed by atoms with van der Waals surface area (Å²) in [7, 11) is 1.33. The fourth-order valence-corrected chi connectivity index (χ4v) is 3.55. The van der Waals surface area contributed by atoms with E-state index in [1.165, 1.54) is 36.6 Å². The molecule has 0 spiro atoms. The van der Waals surface area contributed by atoms with Gasteiger partial charge in [0, 0.05) is 11.8 Å². The van der Waals surface area contributed by atoms with E-state index in [-0.39, 0.29) is 23.0 Å². The summed E-state index contributed by atoms with van der Waals surface area (Å²) in [5, 5.41) is 8.87. The molecule has 0 aliphatic rings. The molecule has 0 aliphatic carbocycles. The molecule has 158 valence electrons. The third-order valence-corrected chi connectivity index (χ3v) is 5.06. The number of hydrogen-bond acceptors (Lipinski definition) is 6. The second-order valence-electron chi connectivity index (χ2n) is 6.18. The van der Waals surface area contributed by atoms with Gasteiger partial charge in [-0.1, -0.05) is 24.3 Å². The van der Waals surface area contributed by atoms with Gasteiger partial charge in [0.1, 0.15) is 0 Å². The van der Waals surface area contributed by atoms with Crippen LogP contribution in [-0.2, 0) is 0 Å². The fraction of sp³-hybridized carbons (Fsp3) is 0.0952. The van der Waals surface area contributed by atoms with Gasteiger partial charge in [-0.15, -0.1) is 16.4 Å². The number of para-hydroxylation sites is 1. The molecule has 0 saturated heterocycles. The maximum Gasteiger partial charge on any atom is 0.387 e. The summed E-state index contributed by atoms with van der Waals surface area (Å²) in [6, 6.07) is 17.2. The summed E-state index contributed by atoms with van der Waals surface area (Å²) in [6.07, 6.45) is 0. The molecule has 2 heterocycles. The van der Waals surface area contributed by atoms with Gasteiger partial charge in [-0.2, -0.15) is 8.78 Å². The number of thiophene rings is 1. The number of carbonyl (C=O) groups excluding carboxylic acids is 1. The normalized spacial score (nSPS) is 10.8. The highest BCUT2D eigenvalue weighted by Crippen LogP contribution is 2.32. The zero-order valence-electron chi connectivity index (χ0n) is 16.2. The number of carbonyl (C=O) groups is 1. The van der Waals surface area contributed by atoms with Crippen LogP contribution < -0.4 is 14.8 Å². The van der Waals surface area contributed by atoms with Crippen LogP contribution in [0.5, 0.6) is 11.5 Å². The number of ether oxygens (including phenoxy) is 2. The van der Waals surface area contributed by atoms with E-state index in [4.69, 9.17) is 4.74 Å². The van der Waals surface area contributed by atoms with Gasteiger partial charge in [-0.25, -0.2) is 9.67 Å². The summed E-state index contributed by atoms with van der Waals surface area (Å²) in [5.41, 5.74) is 0.977. The van der Waals surface area contributed by atoms with E-state index in [2.05, 4.69) is 20.1 Å². The van der Waals surface area contributed by atoms with E-state index >= 15 is 0 Å². The van der Waals surface area contributed by atoms with Gasteiger partial charge in [-0.05, 0) is 35.7 Å². The second kappa shape index (κ2) is 8.92. The van der Waals surface area contributed by atoms with E-state index in [0.29, 0.717) is 5.82 Å². The SMILES string of the molecule is COc1ccc(NC(=O)c2nc(-c3cccs3)n(-c3ccccc3)n2)cc1OC(F)F. The molecule has 4 aromatic rings. The van der Waals surface area contributed by atoms with Crippen LogP contribution in [0.25, 0.3) is 16.4 Å². The minimum absolute atomic E-state index is 0.0700. The molecule has 0 aliphatic heterocycles. The van der Waals surface area contributed by atoms with Crippen LogP contribution in [0.4, 0.5) is 14.5 Å². The molecule has 1 amide bonds. The number of rotatable bonds is 7. The largest absolute Gasteiger partial charge is 0.493 e. The highest BCUT2D eigenvalue weighted by Gasteiger charge is 2.20. The number of nitrogens with one attached hydrogen (secondary N) is 1. The van der Waals surface area contributed by atoms with Crippen molar-refractivity contribution >= 4 is 22.9 Å². The number of halogens is 2. The molecule has 0 fully saturated rings. The van der Waals surface area contributed by atoms with E-state index in [0.717, 1.165) is 10.6 Å². The molecule has 7 nitrogen and oxygen atoms in total. The third kappa shape index (κ3) is 4.53. The van der Waals surface area contributed by atoms with Crippen LogP contribution in [0.1, 0.15) is 10.6 Å². The van der Waals surface area contributed by atoms with Crippen LogP contribution in [0.15, 0.2) is 66.0 Å². The Morgan fingerprint density at radius 2 is 1.90 bits per heavy atom. The lowest BCUT2D eigenvalue weighted by Gasteiger charge is -2.11. The average molecular weight is 442 g/mol. The van der Waals surface area contributed by atoms with Gasteiger partial charge in [0.15, 0.2) is 17.3 Å². The first-order valence-electron chi connectivity index (χ1n) is 9.05. The van der Waals surface area contributed by atoms with Gasteiger partial charge in [0.05, 0.1) is 17.7 Å². The van der Waals surface area contributed by atoms with E-state index in [1.54, 1.807) is 4.68 Å². The zero-order valence-corrected chi connectivity index (χ0v) is 17.0. The Labute approximate surface area is 179 Å². The number of methoxy groups -OCH3 is 1. The first kappa shape index (κ1) is 20.5. The predicted octanol–water partition coefficient (Wildman–Crippen LogP) is 4.86. The van der Waals surface area contributed by atoms with Crippen LogP contribution in [-0.4, -0.2) is 34.4 Å². The number of anilines is 1. The quantitative estimate of drug-likeness (QED) is 0.442. The molecule has 2 aromatic carbocycles. The second-order valence-corrected chi connectivity index (χ2v) is 7.13. The Balaban J connectivity index is 1.65.